The van der Waals surface area contributed by atoms with Gasteiger partial charge in [-0.3, -0.25) is 20.2 Å². The van der Waals surface area contributed by atoms with Crippen molar-refractivity contribution in [1.82, 2.24) is 4.98 Å². The molecule has 0 saturated heterocycles. The molecule has 152 valence electrons. The molecule has 2 aromatic carbocycles. The summed E-state index contributed by atoms with van der Waals surface area (Å²) in [5, 5.41) is 33.7. The summed E-state index contributed by atoms with van der Waals surface area (Å²) in [5.41, 5.74) is -5.09. The Balaban J connectivity index is 2.32. The Kier molecular flexibility index (Phi) is 5.15. The maximum absolute atomic E-state index is 13.2. The number of nitro groups is 2. The molecule has 3 rings (SSSR count). The van der Waals surface area contributed by atoms with E-state index < -0.39 is 43.7 Å². The molecule has 0 bridgehead atoms. The van der Waals surface area contributed by atoms with Gasteiger partial charge in [0, 0.05) is 11.5 Å². The molecule has 0 atom stereocenters. The summed E-state index contributed by atoms with van der Waals surface area (Å²) in [4.78, 5) is 24.4. The van der Waals surface area contributed by atoms with Gasteiger partial charge in [0.1, 0.15) is 16.9 Å². The minimum absolute atomic E-state index is 0.0881. The van der Waals surface area contributed by atoms with Gasteiger partial charge < -0.3 is 5.32 Å². The van der Waals surface area contributed by atoms with E-state index in [1.54, 1.807) is 30.3 Å². The lowest BCUT2D eigenvalue weighted by molar-refractivity contribution is -0.392. The molecule has 0 radical (unpaired) electrons. The van der Waals surface area contributed by atoms with E-state index in [0.717, 1.165) is 0 Å². The molecular formula is C17H7ClF3N5O4. The first-order valence-electron chi connectivity index (χ1n) is 7.84. The van der Waals surface area contributed by atoms with E-state index in [2.05, 4.69) is 10.3 Å². The third kappa shape index (κ3) is 3.65. The number of nitrogens with one attached hydrogen (secondary N) is 1. The molecule has 0 aliphatic rings. The number of para-hydroxylation sites is 1. The van der Waals surface area contributed by atoms with Crippen LogP contribution in [0.3, 0.4) is 0 Å². The van der Waals surface area contributed by atoms with Crippen molar-refractivity contribution in [2.24, 2.45) is 0 Å². The first kappa shape index (κ1) is 20.7. The van der Waals surface area contributed by atoms with Crippen LogP contribution in [0.5, 0.6) is 0 Å². The smallest absolute Gasteiger partial charge is 0.328 e. The van der Waals surface area contributed by atoms with Crippen molar-refractivity contribution in [3.8, 4) is 6.07 Å². The SMILES string of the molecule is N#Cc1cc2ccccc2nc1Nc1c([N+](=O)[O-])cc(C(F)(F)F)c(Cl)c1[N+](=O)[O-]. The molecular weight excluding hydrogens is 431 g/mol. The summed E-state index contributed by atoms with van der Waals surface area (Å²) >= 11 is 5.60. The van der Waals surface area contributed by atoms with Crippen LogP contribution in [0.2, 0.25) is 5.02 Å². The van der Waals surface area contributed by atoms with Gasteiger partial charge in [0.2, 0.25) is 0 Å². The third-order valence-corrected chi connectivity index (χ3v) is 4.37. The quantitative estimate of drug-likeness (QED) is 0.430. The van der Waals surface area contributed by atoms with Crippen LogP contribution in [-0.2, 0) is 6.18 Å². The van der Waals surface area contributed by atoms with Crippen LogP contribution in [0.25, 0.3) is 10.9 Å². The number of nitro benzene ring substituents is 2. The first-order valence-corrected chi connectivity index (χ1v) is 8.21. The summed E-state index contributed by atoms with van der Waals surface area (Å²) < 4.78 is 39.5. The van der Waals surface area contributed by atoms with Gasteiger partial charge in [-0.25, -0.2) is 4.98 Å². The Morgan fingerprint density at radius 1 is 1.13 bits per heavy atom. The molecule has 13 heteroatoms. The average Bonchev–Trinajstić information content (AvgIpc) is 2.65. The molecule has 0 unspecified atom stereocenters. The summed E-state index contributed by atoms with van der Waals surface area (Å²) in [7, 11) is 0. The van der Waals surface area contributed by atoms with Gasteiger partial charge in [-0.2, -0.15) is 18.4 Å². The van der Waals surface area contributed by atoms with Crippen molar-refractivity contribution < 1.29 is 23.0 Å². The van der Waals surface area contributed by atoms with Gasteiger partial charge >= 0.3 is 17.6 Å². The van der Waals surface area contributed by atoms with E-state index in [-0.39, 0.29) is 17.4 Å². The predicted molar refractivity (Wildman–Crippen MR) is 99.5 cm³/mol. The average molecular weight is 438 g/mol. The molecule has 0 aliphatic carbocycles. The highest BCUT2D eigenvalue weighted by atomic mass is 35.5. The summed E-state index contributed by atoms with van der Waals surface area (Å²) in [6.07, 6.45) is -5.18. The number of alkyl halides is 3. The van der Waals surface area contributed by atoms with Crippen LogP contribution in [0, 0.1) is 31.6 Å². The summed E-state index contributed by atoms with van der Waals surface area (Å²) in [6, 6.07) is 9.70. The number of rotatable bonds is 4. The van der Waals surface area contributed by atoms with Gasteiger partial charge in [0.25, 0.3) is 0 Å². The lowest BCUT2D eigenvalue weighted by Crippen LogP contribution is -2.11. The fraction of sp³-hybridized carbons (Fsp3) is 0.0588. The number of hydrogen-bond acceptors (Lipinski definition) is 7. The van der Waals surface area contributed by atoms with Crippen LogP contribution >= 0.6 is 11.6 Å². The van der Waals surface area contributed by atoms with Crippen LogP contribution in [0.1, 0.15) is 11.1 Å². The Hall–Kier alpha value is -3.98. The first-order chi connectivity index (χ1) is 14.0. The molecule has 0 amide bonds. The van der Waals surface area contributed by atoms with E-state index in [0.29, 0.717) is 10.9 Å². The largest absolute Gasteiger partial charge is 0.418 e. The second-order valence-electron chi connectivity index (χ2n) is 5.81. The second kappa shape index (κ2) is 7.45. The monoisotopic (exact) mass is 437 g/mol. The molecule has 1 N–H and O–H groups in total. The van der Waals surface area contributed by atoms with E-state index >= 15 is 0 Å². The topological polar surface area (TPSA) is 135 Å². The number of nitriles is 1. The van der Waals surface area contributed by atoms with Crippen LogP contribution < -0.4 is 5.32 Å². The zero-order valence-electron chi connectivity index (χ0n) is 14.4. The maximum Gasteiger partial charge on any atom is 0.418 e. The zero-order valence-corrected chi connectivity index (χ0v) is 15.2. The van der Waals surface area contributed by atoms with Crippen LogP contribution in [-0.4, -0.2) is 14.8 Å². The number of hydrogen-bond donors (Lipinski definition) is 1. The van der Waals surface area contributed by atoms with Crippen molar-refractivity contribution in [2.45, 2.75) is 6.18 Å². The number of anilines is 2. The van der Waals surface area contributed by atoms with Gasteiger partial charge in [-0.1, -0.05) is 29.8 Å². The van der Waals surface area contributed by atoms with Gasteiger partial charge in [0.05, 0.1) is 26.5 Å². The van der Waals surface area contributed by atoms with Gasteiger partial charge in [0.15, 0.2) is 5.69 Å². The fourth-order valence-electron chi connectivity index (χ4n) is 2.69. The van der Waals surface area contributed by atoms with Crippen LogP contribution in [0.15, 0.2) is 36.4 Å². The standard InChI is InChI=1S/C17H7ClF3N5O4/c18-13-10(17(19,20)21)6-12(25(27)28)14(15(13)26(29)30)24-16-9(7-22)5-8-3-1-2-4-11(8)23-16/h1-6H,(H,23,24). The Bertz CT molecular complexity index is 1260. The number of benzene rings is 2. The molecule has 0 spiro atoms. The summed E-state index contributed by atoms with van der Waals surface area (Å²) in [5.74, 6) is -0.321. The highest BCUT2D eigenvalue weighted by Crippen LogP contribution is 2.48. The van der Waals surface area contributed by atoms with Crippen molar-refractivity contribution in [3.63, 3.8) is 0 Å². The molecule has 0 saturated carbocycles. The van der Waals surface area contributed by atoms with Crippen molar-refractivity contribution in [3.05, 3.63) is 72.8 Å². The fourth-order valence-corrected chi connectivity index (χ4v) is 3.02. The molecule has 30 heavy (non-hydrogen) atoms. The van der Waals surface area contributed by atoms with E-state index in [9.17, 15) is 38.7 Å². The molecule has 1 aromatic heterocycles. The number of halogens is 4. The minimum Gasteiger partial charge on any atom is -0.328 e. The normalized spacial score (nSPS) is 11.2. The van der Waals surface area contributed by atoms with Gasteiger partial charge in [-0.15, -0.1) is 0 Å². The number of pyridine rings is 1. The predicted octanol–water partition coefficient (Wildman–Crippen LogP) is 5.34. The Morgan fingerprint density at radius 3 is 2.37 bits per heavy atom. The Morgan fingerprint density at radius 2 is 1.80 bits per heavy atom. The zero-order chi connectivity index (χ0) is 22.2. The number of aromatic nitrogens is 1. The number of fused-ring (bicyclic) bond motifs is 1. The maximum atomic E-state index is 13.2. The molecule has 9 nitrogen and oxygen atoms in total. The van der Waals surface area contributed by atoms with Crippen LogP contribution in [0.4, 0.5) is 36.1 Å². The molecule has 1 heterocycles. The molecule has 3 aromatic rings. The lowest BCUT2D eigenvalue weighted by atomic mass is 10.1. The lowest BCUT2D eigenvalue weighted by Gasteiger charge is -2.14. The Labute approximate surface area is 169 Å². The van der Waals surface area contributed by atoms with Crippen molar-refractivity contribution in [1.29, 1.82) is 5.26 Å². The van der Waals surface area contributed by atoms with Crippen molar-refractivity contribution >= 4 is 45.4 Å². The molecule has 0 fully saturated rings. The third-order valence-electron chi connectivity index (χ3n) is 3.99. The van der Waals surface area contributed by atoms with Crippen molar-refractivity contribution in [2.75, 3.05) is 5.32 Å². The van der Waals surface area contributed by atoms with E-state index in [1.165, 1.54) is 6.07 Å². The highest BCUT2D eigenvalue weighted by molar-refractivity contribution is 6.34. The number of nitrogens with zero attached hydrogens (tertiary/aromatic N) is 4. The molecule has 0 aliphatic heterocycles. The highest BCUT2D eigenvalue weighted by Gasteiger charge is 2.42. The second-order valence-corrected chi connectivity index (χ2v) is 6.18. The van der Waals surface area contributed by atoms with Gasteiger partial charge in [-0.05, 0) is 12.1 Å². The van der Waals surface area contributed by atoms with E-state index in [1.807, 2.05) is 0 Å². The summed E-state index contributed by atoms with van der Waals surface area (Å²) in [6.45, 7) is 0. The minimum atomic E-state index is -5.18. The van der Waals surface area contributed by atoms with E-state index in [4.69, 9.17) is 11.6 Å².